The molecule has 0 aromatic carbocycles. The van der Waals surface area contributed by atoms with E-state index >= 15 is 0 Å². The quantitative estimate of drug-likeness (QED) is 0.356. The summed E-state index contributed by atoms with van der Waals surface area (Å²) < 4.78 is 5.48. The molecule has 2 rings (SSSR count). The van der Waals surface area contributed by atoms with Crippen molar-refractivity contribution >= 4 is 11.6 Å². The van der Waals surface area contributed by atoms with Gasteiger partial charge in [-0.05, 0) is 18.8 Å². The van der Waals surface area contributed by atoms with E-state index in [1.165, 1.54) is 12.8 Å². The summed E-state index contributed by atoms with van der Waals surface area (Å²) in [5, 5.41) is 3.12. The number of nitrogens with two attached hydrogens (primary N) is 1. The molecule has 16 heavy (non-hydrogen) atoms. The molecule has 1 aromatic rings. The van der Waals surface area contributed by atoms with Crippen LogP contribution in [-0.2, 0) is 4.74 Å². The van der Waals surface area contributed by atoms with Crippen LogP contribution in [-0.4, -0.2) is 29.7 Å². The molecule has 6 nitrogen and oxygen atoms in total. The van der Waals surface area contributed by atoms with Crippen LogP contribution in [0.5, 0.6) is 0 Å². The molecule has 0 unspecified atom stereocenters. The molecular weight excluding hydrogens is 206 g/mol. The number of hydrogen-bond acceptors (Lipinski definition) is 6. The third-order valence-corrected chi connectivity index (χ3v) is 2.39. The number of hydrogen-bond donors (Lipinski definition) is 3. The van der Waals surface area contributed by atoms with Gasteiger partial charge in [-0.2, -0.15) is 0 Å². The van der Waals surface area contributed by atoms with Crippen LogP contribution in [0.3, 0.4) is 0 Å². The Morgan fingerprint density at radius 3 is 2.94 bits per heavy atom. The van der Waals surface area contributed by atoms with Crippen molar-refractivity contribution in [2.75, 3.05) is 30.5 Å². The maximum absolute atomic E-state index is 5.48. The van der Waals surface area contributed by atoms with Crippen molar-refractivity contribution < 1.29 is 4.74 Å². The van der Waals surface area contributed by atoms with Gasteiger partial charge in [-0.3, -0.25) is 4.98 Å². The van der Waals surface area contributed by atoms with Gasteiger partial charge in [-0.15, -0.1) is 0 Å². The minimum absolute atomic E-state index is 0.545. The first-order valence-corrected chi connectivity index (χ1v) is 5.49. The third kappa shape index (κ3) is 3.63. The van der Waals surface area contributed by atoms with E-state index in [9.17, 15) is 0 Å². The topological polar surface area (TPSA) is 85.1 Å². The maximum Gasteiger partial charge on any atom is 0.160 e. The van der Waals surface area contributed by atoms with E-state index in [2.05, 4.69) is 20.7 Å². The standard InChI is InChI=1S/C10H17N5O/c11-15-10-6-12-5-9(14-10)13-3-4-16-7-8-1-2-8/h5-6,8H,1-4,7,11H2,(H2,13,14,15). The fourth-order valence-electron chi connectivity index (χ4n) is 1.31. The van der Waals surface area contributed by atoms with Crippen LogP contribution in [0, 0.1) is 5.92 Å². The van der Waals surface area contributed by atoms with E-state index < -0.39 is 0 Å². The van der Waals surface area contributed by atoms with Gasteiger partial charge in [0.25, 0.3) is 0 Å². The molecule has 88 valence electrons. The van der Waals surface area contributed by atoms with Crippen molar-refractivity contribution in [3.05, 3.63) is 12.4 Å². The number of nitrogens with zero attached hydrogens (tertiary/aromatic N) is 2. The number of aromatic nitrogens is 2. The molecule has 1 aliphatic rings. The summed E-state index contributed by atoms with van der Waals surface area (Å²) in [4.78, 5) is 8.16. The summed E-state index contributed by atoms with van der Waals surface area (Å²) in [7, 11) is 0. The average molecular weight is 223 g/mol. The van der Waals surface area contributed by atoms with Crippen molar-refractivity contribution in [1.82, 2.24) is 9.97 Å². The number of hydrazine groups is 1. The van der Waals surface area contributed by atoms with Crippen molar-refractivity contribution in [2.24, 2.45) is 11.8 Å². The largest absolute Gasteiger partial charge is 0.379 e. The fraction of sp³-hybridized carbons (Fsp3) is 0.600. The summed E-state index contributed by atoms with van der Waals surface area (Å²) in [5.41, 5.74) is 2.45. The second-order valence-electron chi connectivity index (χ2n) is 3.88. The van der Waals surface area contributed by atoms with Gasteiger partial charge in [0.1, 0.15) is 5.82 Å². The molecule has 1 saturated carbocycles. The van der Waals surface area contributed by atoms with E-state index in [0.29, 0.717) is 18.2 Å². The Bertz CT molecular complexity index is 329. The summed E-state index contributed by atoms with van der Waals surface area (Å²) in [6.45, 7) is 2.31. The highest BCUT2D eigenvalue weighted by atomic mass is 16.5. The van der Waals surface area contributed by atoms with Gasteiger partial charge in [-0.25, -0.2) is 10.8 Å². The van der Waals surface area contributed by atoms with E-state index in [-0.39, 0.29) is 0 Å². The first-order chi connectivity index (χ1) is 7.88. The second-order valence-corrected chi connectivity index (χ2v) is 3.88. The Labute approximate surface area is 94.6 Å². The normalized spacial score (nSPS) is 14.8. The molecule has 0 amide bonds. The minimum atomic E-state index is 0.545. The number of nitrogen functional groups attached to an aromatic ring is 1. The van der Waals surface area contributed by atoms with E-state index in [1.807, 2.05) is 0 Å². The van der Waals surface area contributed by atoms with Gasteiger partial charge in [0.05, 0.1) is 19.0 Å². The lowest BCUT2D eigenvalue weighted by atomic mass is 10.5. The molecule has 6 heteroatoms. The zero-order valence-electron chi connectivity index (χ0n) is 9.15. The molecule has 1 fully saturated rings. The molecule has 0 saturated heterocycles. The van der Waals surface area contributed by atoms with Gasteiger partial charge in [0.2, 0.25) is 0 Å². The van der Waals surface area contributed by atoms with Gasteiger partial charge < -0.3 is 15.5 Å². The van der Waals surface area contributed by atoms with Crippen LogP contribution < -0.4 is 16.6 Å². The molecule has 0 aliphatic heterocycles. The first kappa shape index (κ1) is 11.1. The monoisotopic (exact) mass is 223 g/mol. The van der Waals surface area contributed by atoms with E-state index in [4.69, 9.17) is 10.6 Å². The predicted molar refractivity (Wildman–Crippen MR) is 61.9 cm³/mol. The highest BCUT2D eigenvalue weighted by molar-refractivity contribution is 5.40. The van der Waals surface area contributed by atoms with Crippen molar-refractivity contribution in [2.45, 2.75) is 12.8 Å². The van der Waals surface area contributed by atoms with Crippen molar-refractivity contribution in [3.63, 3.8) is 0 Å². The van der Waals surface area contributed by atoms with E-state index in [1.54, 1.807) is 12.4 Å². The smallest absolute Gasteiger partial charge is 0.160 e. The van der Waals surface area contributed by atoms with Crippen LogP contribution >= 0.6 is 0 Å². The van der Waals surface area contributed by atoms with Crippen LogP contribution in [0.25, 0.3) is 0 Å². The minimum Gasteiger partial charge on any atom is -0.379 e. The summed E-state index contributed by atoms with van der Waals surface area (Å²) >= 11 is 0. The molecular formula is C10H17N5O. The lowest BCUT2D eigenvalue weighted by molar-refractivity contribution is 0.134. The summed E-state index contributed by atoms with van der Waals surface area (Å²) in [6.07, 6.45) is 5.86. The van der Waals surface area contributed by atoms with Crippen LogP contribution in [0.4, 0.5) is 11.6 Å². The fourth-order valence-corrected chi connectivity index (χ4v) is 1.31. The maximum atomic E-state index is 5.48. The number of anilines is 2. The predicted octanol–water partition coefficient (Wildman–Crippen LogP) is 0.601. The van der Waals surface area contributed by atoms with Crippen molar-refractivity contribution in [3.8, 4) is 0 Å². The summed E-state index contributed by atoms with van der Waals surface area (Å²) in [5.74, 6) is 7.28. The van der Waals surface area contributed by atoms with Gasteiger partial charge in [0, 0.05) is 13.2 Å². The Morgan fingerprint density at radius 2 is 2.19 bits per heavy atom. The second kappa shape index (κ2) is 5.62. The van der Waals surface area contributed by atoms with Gasteiger partial charge >= 0.3 is 0 Å². The zero-order valence-corrected chi connectivity index (χ0v) is 9.15. The van der Waals surface area contributed by atoms with Crippen molar-refractivity contribution in [1.29, 1.82) is 0 Å². The Balaban J connectivity index is 1.63. The highest BCUT2D eigenvalue weighted by Crippen LogP contribution is 2.28. The molecule has 0 radical (unpaired) electrons. The highest BCUT2D eigenvalue weighted by Gasteiger charge is 2.20. The van der Waals surface area contributed by atoms with Gasteiger partial charge in [0.15, 0.2) is 5.82 Å². The summed E-state index contributed by atoms with van der Waals surface area (Å²) in [6, 6.07) is 0. The first-order valence-electron chi connectivity index (χ1n) is 5.49. The number of nitrogens with one attached hydrogen (secondary N) is 2. The molecule has 1 aliphatic carbocycles. The van der Waals surface area contributed by atoms with E-state index in [0.717, 1.165) is 19.1 Å². The molecule has 1 heterocycles. The molecule has 0 bridgehead atoms. The number of ether oxygens (including phenoxy) is 1. The molecule has 4 N–H and O–H groups in total. The molecule has 1 aromatic heterocycles. The molecule has 0 spiro atoms. The lowest BCUT2D eigenvalue weighted by Gasteiger charge is -2.07. The average Bonchev–Trinajstić information content (AvgIpc) is 3.13. The van der Waals surface area contributed by atoms with Crippen LogP contribution in [0.15, 0.2) is 12.4 Å². The van der Waals surface area contributed by atoms with Crippen LogP contribution in [0.2, 0.25) is 0 Å². The Hall–Kier alpha value is -1.40. The number of rotatable bonds is 7. The molecule has 0 atom stereocenters. The Morgan fingerprint density at radius 1 is 1.38 bits per heavy atom. The van der Waals surface area contributed by atoms with Crippen LogP contribution in [0.1, 0.15) is 12.8 Å². The zero-order chi connectivity index (χ0) is 11.2. The third-order valence-electron chi connectivity index (χ3n) is 2.39. The SMILES string of the molecule is NNc1cncc(NCCOCC2CC2)n1. The Kier molecular flexibility index (Phi) is 3.90. The van der Waals surface area contributed by atoms with Gasteiger partial charge in [-0.1, -0.05) is 0 Å². The lowest BCUT2D eigenvalue weighted by Crippen LogP contribution is -2.13.